The van der Waals surface area contributed by atoms with Crippen molar-refractivity contribution in [2.75, 3.05) is 7.11 Å². The lowest BCUT2D eigenvalue weighted by atomic mass is 10.1. The van der Waals surface area contributed by atoms with E-state index < -0.39 is 11.6 Å². The zero-order valence-corrected chi connectivity index (χ0v) is 9.54. The molecule has 0 radical (unpaired) electrons. The van der Waals surface area contributed by atoms with Gasteiger partial charge >= 0.3 is 11.6 Å². The Labute approximate surface area is 102 Å². The van der Waals surface area contributed by atoms with E-state index in [9.17, 15) is 9.59 Å². The molecule has 0 aliphatic carbocycles. The Morgan fingerprint density at radius 2 is 2.17 bits per heavy atom. The molecule has 18 heavy (non-hydrogen) atoms. The van der Waals surface area contributed by atoms with E-state index in [2.05, 4.69) is 0 Å². The smallest absolute Gasteiger partial charge is 0.336 e. The fraction of sp³-hybridized carbons (Fsp3) is 0.0769. The molecule has 0 fully saturated rings. The van der Waals surface area contributed by atoms with Crippen LogP contribution in [-0.2, 0) is 4.79 Å². The van der Waals surface area contributed by atoms with Gasteiger partial charge in [0.1, 0.15) is 11.3 Å². The number of benzene rings is 1. The van der Waals surface area contributed by atoms with Crippen molar-refractivity contribution >= 4 is 23.0 Å². The number of hydrogen-bond donors (Lipinski definition) is 1. The number of hydrogen-bond acceptors (Lipinski definition) is 4. The Hall–Kier alpha value is -2.56. The van der Waals surface area contributed by atoms with Gasteiger partial charge in [-0.05, 0) is 18.2 Å². The summed E-state index contributed by atoms with van der Waals surface area (Å²) in [5, 5.41) is 9.30. The van der Waals surface area contributed by atoms with Crippen LogP contribution in [0.1, 0.15) is 5.56 Å². The van der Waals surface area contributed by atoms with Gasteiger partial charge in [0, 0.05) is 29.2 Å². The SMILES string of the molecule is COc1cc2oc(=O)ccc2cc1/C=C/C(=O)O. The van der Waals surface area contributed by atoms with Crippen LogP contribution in [0.2, 0.25) is 0 Å². The summed E-state index contributed by atoms with van der Waals surface area (Å²) in [6.07, 6.45) is 2.44. The van der Waals surface area contributed by atoms with Gasteiger partial charge in [0.15, 0.2) is 0 Å². The number of rotatable bonds is 3. The number of carboxylic acids is 1. The number of fused-ring (bicyclic) bond motifs is 1. The minimum absolute atomic E-state index is 0.395. The molecule has 0 bridgehead atoms. The first kappa shape index (κ1) is 11.9. The molecule has 0 aliphatic rings. The van der Waals surface area contributed by atoms with Crippen molar-refractivity contribution in [2.24, 2.45) is 0 Å². The minimum Gasteiger partial charge on any atom is -0.496 e. The van der Waals surface area contributed by atoms with Crippen LogP contribution in [0.4, 0.5) is 0 Å². The molecule has 5 heteroatoms. The van der Waals surface area contributed by atoms with E-state index in [1.54, 1.807) is 18.2 Å². The average Bonchev–Trinajstić information content (AvgIpc) is 2.35. The van der Waals surface area contributed by atoms with Gasteiger partial charge in [0.2, 0.25) is 0 Å². The van der Waals surface area contributed by atoms with Crippen LogP contribution in [0.3, 0.4) is 0 Å². The fourth-order valence-corrected chi connectivity index (χ4v) is 1.58. The van der Waals surface area contributed by atoms with E-state index in [4.69, 9.17) is 14.3 Å². The fourth-order valence-electron chi connectivity index (χ4n) is 1.58. The van der Waals surface area contributed by atoms with Crippen LogP contribution in [0.15, 0.2) is 39.6 Å². The Morgan fingerprint density at radius 3 is 2.83 bits per heavy atom. The van der Waals surface area contributed by atoms with Gasteiger partial charge in [-0.3, -0.25) is 0 Å². The van der Waals surface area contributed by atoms with Crippen molar-refractivity contribution in [3.8, 4) is 5.75 Å². The van der Waals surface area contributed by atoms with Crippen LogP contribution in [0, 0.1) is 0 Å². The van der Waals surface area contributed by atoms with E-state index in [-0.39, 0.29) is 0 Å². The molecular formula is C13H10O5. The molecule has 1 N–H and O–H groups in total. The molecular weight excluding hydrogens is 236 g/mol. The molecule has 0 amide bonds. The third-order valence-electron chi connectivity index (χ3n) is 2.38. The van der Waals surface area contributed by atoms with Gasteiger partial charge in [-0.2, -0.15) is 0 Å². The Balaban J connectivity index is 2.62. The number of methoxy groups -OCH3 is 1. The zero-order chi connectivity index (χ0) is 13.1. The molecule has 2 rings (SSSR count). The molecule has 0 unspecified atom stereocenters. The monoisotopic (exact) mass is 246 g/mol. The highest BCUT2D eigenvalue weighted by Crippen LogP contribution is 2.26. The Morgan fingerprint density at radius 1 is 1.39 bits per heavy atom. The summed E-state index contributed by atoms with van der Waals surface area (Å²) in [4.78, 5) is 21.6. The van der Waals surface area contributed by atoms with Crippen molar-refractivity contribution in [2.45, 2.75) is 0 Å². The first-order valence-electron chi connectivity index (χ1n) is 5.13. The summed E-state index contributed by atoms with van der Waals surface area (Å²) in [5.74, 6) is -0.605. The first-order chi connectivity index (χ1) is 8.60. The van der Waals surface area contributed by atoms with Gasteiger partial charge in [-0.1, -0.05) is 0 Å². The molecule has 5 nitrogen and oxygen atoms in total. The van der Waals surface area contributed by atoms with E-state index >= 15 is 0 Å². The van der Waals surface area contributed by atoms with Gasteiger partial charge in [0.05, 0.1) is 7.11 Å². The minimum atomic E-state index is -1.04. The molecule has 92 valence electrons. The average molecular weight is 246 g/mol. The predicted molar refractivity (Wildman–Crippen MR) is 65.7 cm³/mol. The van der Waals surface area contributed by atoms with Crippen molar-refractivity contribution < 1.29 is 19.1 Å². The maximum absolute atomic E-state index is 11.1. The summed E-state index contributed by atoms with van der Waals surface area (Å²) in [6, 6.07) is 6.16. The molecule has 0 saturated heterocycles. The number of ether oxygens (including phenoxy) is 1. The lowest BCUT2D eigenvalue weighted by molar-refractivity contribution is -0.131. The van der Waals surface area contributed by atoms with E-state index in [1.807, 2.05) is 0 Å². The zero-order valence-electron chi connectivity index (χ0n) is 9.54. The standard InChI is InChI=1S/C13H10O5/c1-17-10-7-11-9(3-5-13(16)18-11)6-8(10)2-4-12(14)15/h2-7H,1H3,(H,14,15)/b4-2+. The predicted octanol–water partition coefficient (Wildman–Crippen LogP) is 1.90. The van der Waals surface area contributed by atoms with Gasteiger partial charge < -0.3 is 14.3 Å². The van der Waals surface area contributed by atoms with Crippen LogP contribution < -0.4 is 10.4 Å². The van der Waals surface area contributed by atoms with E-state index in [0.717, 1.165) is 6.08 Å². The lowest BCUT2D eigenvalue weighted by Gasteiger charge is -2.06. The van der Waals surface area contributed by atoms with Crippen molar-refractivity contribution in [1.29, 1.82) is 0 Å². The number of aliphatic carboxylic acids is 1. The highest BCUT2D eigenvalue weighted by molar-refractivity contribution is 5.88. The molecule has 2 aromatic rings. The highest BCUT2D eigenvalue weighted by atomic mass is 16.5. The topological polar surface area (TPSA) is 76.7 Å². The molecule has 0 atom stereocenters. The van der Waals surface area contributed by atoms with E-state index in [0.29, 0.717) is 22.3 Å². The van der Waals surface area contributed by atoms with Crippen LogP contribution in [0.5, 0.6) is 5.75 Å². The van der Waals surface area contributed by atoms with Gasteiger partial charge in [-0.15, -0.1) is 0 Å². The van der Waals surface area contributed by atoms with Crippen molar-refractivity contribution in [1.82, 2.24) is 0 Å². The van der Waals surface area contributed by atoms with E-state index in [1.165, 1.54) is 19.3 Å². The summed E-state index contributed by atoms with van der Waals surface area (Å²) in [7, 11) is 1.46. The second-order valence-corrected chi connectivity index (χ2v) is 3.56. The third kappa shape index (κ3) is 2.40. The molecule has 0 saturated carbocycles. The Bertz CT molecular complexity index is 681. The van der Waals surface area contributed by atoms with Gasteiger partial charge in [-0.25, -0.2) is 9.59 Å². The second kappa shape index (κ2) is 4.75. The molecule has 1 heterocycles. The second-order valence-electron chi connectivity index (χ2n) is 3.56. The highest BCUT2D eigenvalue weighted by Gasteiger charge is 2.05. The molecule has 0 aliphatic heterocycles. The summed E-state index contributed by atoms with van der Waals surface area (Å²) in [5.41, 5.74) is 0.548. The van der Waals surface area contributed by atoms with Crippen LogP contribution in [0.25, 0.3) is 17.0 Å². The maximum Gasteiger partial charge on any atom is 0.336 e. The summed E-state index contributed by atoms with van der Waals surface area (Å²) in [6.45, 7) is 0. The van der Waals surface area contributed by atoms with Crippen LogP contribution >= 0.6 is 0 Å². The molecule has 1 aromatic heterocycles. The lowest BCUT2D eigenvalue weighted by Crippen LogP contribution is -1.96. The number of carboxylic acid groups (broad SMARTS) is 1. The van der Waals surface area contributed by atoms with Crippen molar-refractivity contribution in [3.63, 3.8) is 0 Å². The summed E-state index contributed by atoms with van der Waals surface area (Å²) >= 11 is 0. The summed E-state index contributed by atoms with van der Waals surface area (Å²) < 4.78 is 10.1. The normalized spacial score (nSPS) is 10.9. The van der Waals surface area contributed by atoms with Crippen LogP contribution in [-0.4, -0.2) is 18.2 Å². The largest absolute Gasteiger partial charge is 0.496 e. The molecule has 0 spiro atoms. The maximum atomic E-state index is 11.1. The number of carbonyl (C=O) groups is 1. The first-order valence-corrected chi connectivity index (χ1v) is 5.13. The quantitative estimate of drug-likeness (QED) is 0.661. The molecule has 1 aromatic carbocycles. The van der Waals surface area contributed by atoms with Gasteiger partial charge in [0.25, 0.3) is 0 Å². The van der Waals surface area contributed by atoms with Crippen molar-refractivity contribution in [3.05, 3.63) is 46.3 Å². The Kier molecular flexibility index (Phi) is 3.14. The third-order valence-corrected chi connectivity index (χ3v) is 2.38.